The highest BCUT2D eigenvalue weighted by Gasteiger charge is 2.15. The van der Waals surface area contributed by atoms with Crippen LogP contribution in [-0.2, 0) is 16.0 Å². The van der Waals surface area contributed by atoms with Crippen LogP contribution >= 0.6 is 0 Å². The van der Waals surface area contributed by atoms with Crippen LogP contribution in [0.1, 0.15) is 18.4 Å². The van der Waals surface area contributed by atoms with Crippen molar-refractivity contribution in [1.82, 2.24) is 4.90 Å². The maximum Gasteiger partial charge on any atom is 0.0701 e. The van der Waals surface area contributed by atoms with Gasteiger partial charge in [0.1, 0.15) is 0 Å². The Bertz CT molecular complexity index is 376. The molecule has 1 aromatic carbocycles. The van der Waals surface area contributed by atoms with E-state index in [1.807, 2.05) is 0 Å². The van der Waals surface area contributed by atoms with Gasteiger partial charge in [0.2, 0.25) is 0 Å². The molecule has 1 aliphatic heterocycles. The molecule has 1 fully saturated rings. The molecule has 0 spiro atoms. The fraction of sp³-hybridized carbons (Fsp3) is 0.667. The fourth-order valence-corrected chi connectivity index (χ4v) is 2.44. The summed E-state index contributed by atoms with van der Waals surface area (Å²) in [6, 6.07) is 11.1. The number of hydrogen-bond donors (Lipinski definition) is 3. The second-order valence-electron chi connectivity index (χ2n) is 5.90. The minimum atomic E-state index is 0.432. The number of likely N-dealkylation sites (tertiary alicyclic amines) is 1. The fourth-order valence-electron chi connectivity index (χ4n) is 2.44. The van der Waals surface area contributed by atoms with Gasteiger partial charge in [0.15, 0.2) is 0 Å². The van der Waals surface area contributed by atoms with Crippen molar-refractivity contribution in [3.05, 3.63) is 35.9 Å². The predicted octanol–water partition coefficient (Wildman–Crippen LogP) is 0.547. The second kappa shape index (κ2) is 14.3. The summed E-state index contributed by atoms with van der Waals surface area (Å²) in [5, 5.41) is 0. The summed E-state index contributed by atoms with van der Waals surface area (Å²) in [7, 11) is 0. The molecule has 24 heavy (non-hydrogen) atoms. The largest absolute Gasteiger partial charge is 0.378 e. The van der Waals surface area contributed by atoms with E-state index in [2.05, 4.69) is 35.2 Å². The SMILES string of the molecule is NC1CCN(Cc2ccccc2)CC1.NCCOCCOCCN. The monoisotopic (exact) mass is 338 g/mol. The Kier molecular flexibility index (Phi) is 12.6. The average molecular weight is 338 g/mol. The van der Waals surface area contributed by atoms with Gasteiger partial charge in [0.25, 0.3) is 0 Å². The zero-order valence-corrected chi connectivity index (χ0v) is 14.7. The minimum Gasteiger partial charge on any atom is -0.378 e. The number of hydrogen-bond acceptors (Lipinski definition) is 6. The van der Waals surface area contributed by atoms with E-state index < -0.39 is 0 Å². The van der Waals surface area contributed by atoms with Crippen LogP contribution < -0.4 is 17.2 Å². The number of rotatable bonds is 9. The molecule has 0 bridgehead atoms. The summed E-state index contributed by atoms with van der Waals surface area (Å²) >= 11 is 0. The summed E-state index contributed by atoms with van der Waals surface area (Å²) in [6.45, 7) is 6.93. The van der Waals surface area contributed by atoms with Crippen molar-refractivity contribution in [2.24, 2.45) is 17.2 Å². The normalized spacial score (nSPS) is 15.8. The highest BCUT2D eigenvalue weighted by Crippen LogP contribution is 2.11. The van der Waals surface area contributed by atoms with Crippen molar-refractivity contribution in [2.45, 2.75) is 25.4 Å². The van der Waals surface area contributed by atoms with E-state index in [0.717, 1.165) is 32.5 Å². The molecule has 0 aromatic heterocycles. The quantitative estimate of drug-likeness (QED) is 0.569. The molecule has 0 unspecified atom stereocenters. The molecule has 0 radical (unpaired) electrons. The summed E-state index contributed by atoms with van der Waals surface area (Å²) in [5.74, 6) is 0. The Morgan fingerprint density at radius 2 is 1.42 bits per heavy atom. The van der Waals surface area contributed by atoms with Gasteiger partial charge in [-0.05, 0) is 31.5 Å². The van der Waals surface area contributed by atoms with Crippen LogP contribution in [0.4, 0.5) is 0 Å². The van der Waals surface area contributed by atoms with Gasteiger partial charge in [0, 0.05) is 25.7 Å². The lowest BCUT2D eigenvalue weighted by Crippen LogP contribution is -2.39. The summed E-state index contributed by atoms with van der Waals surface area (Å²) in [6.07, 6.45) is 2.29. The third kappa shape index (κ3) is 10.7. The predicted molar refractivity (Wildman–Crippen MR) is 98.7 cm³/mol. The molecule has 1 saturated heterocycles. The van der Waals surface area contributed by atoms with E-state index in [1.165, 1.54) is 5.56 Å². The highest BCUT2D eigenvalue weighted by atomic mass is 16.5. The average Bonchev–Trinajstić information content (AvgIpc) is 2.62. The molecule has 6 heteroatoms. The van der Waals surface area contributed by atoms with E-state index in [1.54, 1.807) is 0 Å². The molecule has 138 valence electrons. The first-order valence-electron chi connectivity index (χ1n) is 8.83. The molecular weight excluding hydrogens is 304 g/mol. The Hall–Kier alpha value is -1.02. The van der Waals surface area contributed by atoms with Crippen LogP contribution in [-0.4, -0.2) is 63.5 Å². The second-order valence-corrected chi connectivity index (χ2v) is 5.90. The van der Waals surface area contributed by atoms with Crippen molar-refractivity contribution in [1.29, 1.82) is 0 Å². The first kappa shape index (κ1) is 21.0. The Morgan fingerprint density at radius 3 is 1.92 bits per heavy atom. The van der Waals surface area contributed by atoms with Crippen LogP contribution in [0.3, 0.4) is 0 Å². The molecule has 1 heterocycles. The third-order valence-corrected chi connectivity index (χ3v) is 3.78. The lowest BCUT2D eigenvalue weighted by atomic mass is 10.1. The molecule has 0 aliphatic carbocycles. The molecule has 1 aliphatic rings. The van der Waals surface area contributed by atoms with Crippen LogP contribution in [0.2, 0.25) is 0 Å². The van der Waals surface area contributed by atoms with Crippen LogP contribution in [0.15, 0.2) is 30.3 Å². The van der Waals surface area contributed by atoms with Crippen molar-refractivity contribution >= 4 is 0 Å². The Morgan fingerprint density at radius 1 is 0.875 bits per heavy atom. The van der Waals surface area contributed by atoms with E-state index in [-0.39, 0.29) is 0 Å². The lowest BCUT2D eigenvalue weighted by molar-refractivity contribution is 0.0538. The van der Waals surface area contributed by atoms with Gasteiger partial charge in [-0.2, -0.15) is 0 Å². The molecule has 1 aromatic rings. The summed E-state index contributed by atoms with van der Waals surface area (Å²) in [4.78, 5) is 2.48. The standard InChI is InChI=1S/C12H18N2.C6H16N2O2/c13-12-6-8-14(9-7-12)10-11-4-2-1-3-5-11;7-1-3-9-5-6-10-4-2-8/h1-5,12H,6-10,13H2;1-8H2. The third-order valence-electron chi connectivity index (χ3n) is 3.78. The van der Waals surface area contributed by atoms with Gasteiger partial charge in [-0.3, -0.25) is 4.90 Å². The lowest BCUT2D eigenvalue weighted by Gasteiger charge is -2.29. The zero-order valence-electron chi connectivity index (χ0n) is 14.7. The highest BCUT2D eigenvalue weighted by molar-refractivity contribution is 5.14. The zero-order chi connectivity index (χ0) is 17.5. The van der Waals surface area contributed by atoms with Crippen molar-refractivity contribution in [2.75, 3.05) is 52.6 Å². The maximum atomic E-state index is 5.86. The van der Waals surface area contributed by atoms with Crippen molar-refractivity contribution < 1.29 is 9.47 Å². The van der Waals surface area contributed by atoms with E-state index in [0.29, 0.717) is 45.6 Å². The molecule has 6 N–H and O–H groups in total. The number of piperidine rings is 1. The Labute approximate surface area is 146 Å². The molecule has 0 amide bonds. The van der Waals surface area contributed by atoms with E-state index in [4.69, 9.17) is 26.7 Å². The van der Waals surface area contributed by atoms with Crippen LogP contribution in [0.5, 0.6) is 0 Å². The first-order valence-corrected chi connectivity index (χ1v) is 8.83. The van der Waals surface area contributed by atoms with Gasteiger partial charge >= 0.3 is 0 Å². The summed E-state index contributed by atoms with van der Waals surface area (Å²) in [5.41, 5.74) is 17.6. The maximum absolute atomic E-state index is 5.86. The number of benzene rings is 1. The van der Waals surface area contributed by atoms with Gasteiger partial charge < -0.3 is 26.7 Å². The van der Waals surface area contributed by atoms with Crippen molar-refractivity contribution in [3.63, 3.8) is 0 Å². The van der Waals surface area contributed by atoms with Crippen LogP contribution in [0, 0.1) is 0 Å². The molecule has 0 atom stereocenters. The topological polar surface area (TPSA) is 99.8 Å². The van der Waals surface area contributed by atoms with Crippen molar-refractivity contribution in [3.8, 4) is 0 Å². The van der Waals surface area contributed by atoms with E-state index in [9.17, 15) is 0 Å². The van der Waals surface area contributed by atoms with Gasteiger partial charge in [-0.1, -0.05) is 30.3 Å². The van der Waals surface area contributed by atoms with Gasteiger partial charge in [-0.25, -0.2) is 0 Å². The smallest absolute Gasteiger partial charge is 0.0701 e. The molecule has 2 rings (SSSR count). The molecular formula is C18H34N4O2. The van der Waals surface area contributed by atoms with Gasteiger partial charge in [-0.15, -0.1) is 0 Å². The molecule has 0 saturated carbocycles. The Balaban J connectivity index is 0.000000257. The van der Waals surface area contributed by atoms with Crippen LogP contribution in [0.25, 0.3) is 0 Å². The molecule has 6 nitrogen and oxygen atoms in total. The number of nitrogens with two attached hydrogens (primary N) is 3. The minimum absolute atomic E-state index is 0.432. The first-order chi connectivity index (χ1) is 11.8. The summed E-state index contributed by atoms with van der Waals surface area (Å²) < 4.78 is 10.1. The van der Waals surface area contributed by atoms with E-state index >= 15 is 0 Å². The number of ether oxygens (including phenoxy) is 2. The number of nitrogens with zero attached hydrogens (tertiary/aromatic N) is 1. The van der Waals surface area contributed by atoms with Gasteiger partial charge in [0.05, 0.1) is 26.4 Å².